The lowest BCUT2D eigenvalue weighted by atomic mass is 10.0. The van der Waals surface area contributed by atoms with E-state index in [1.54, 1.807) is 11.0 Å². The molecule has 26 heavy (non-hydrogen) atoms. The largest absolute Gasteiger partial charge is 0.365 e. The third-order valence-corrected chi connectivity index (χ3v) is 4.49. The summed E-state index contributed by atoms with van der Waals surface area (Å²) in [5.41, 5.74) is 5.80. The Hall–Kier alpha value is -2.62. The van der Waals surface area contributed by atoms with Crippen molar-refractivity contribution in [2.24, 2.45) is 5.73 Å². The Morgan fingerprint density at radius 3 is 2.92 bits per heavy atom. The van der Waals surface area contributed by atoms with Crippen LogP contribution in [0, 0.1) is 5.82 Å². The van der Waals surface area contributed by atoms with Crippen LogP contribution in [-0.4, -0.2) is 41.0 Å². The number of rotatable bonds is 4. The minimum atomic E-state index is -0.609. The van der Waals surface area contributed by atoms with Crippen molar-refractivity contribution < 1.29 is 14.0 Å². The summed E-state index contributed by atoms with van der Waals surface area (Å²) in [6.45, 7) is 1.01. The topological polar surface area (TPSA) is 116 Å². The van der Waals surface area contributed by atoms with Gasteiger partial charge in [-0.2, -0.15) is 0 Å². The molecule has 0 unspecified atom stereocenters. The fraction of sp³-hybridized carbons (Fsp3) is 0.312. The maximum atomic E-state index is 14.5. The Labute approximate surface area is 157 Å². The van der Waals surface area contributed by atoms with Crippen LogP contribution in [0.15, 0.2) is 29.0 Å². The SMILES string of the molecule is NC(=O)N[C@@H]1CCCN(c2c(F)cccc2NC(=O)c2nc(Br)c[nH]2)C1. The fourth-order valence-electron chi connectivity index (χ4n) is 3.03. The molecule has 5 N–H and O–H groups in total. The van der Waals surface area contributed by atoms with Crippen molar-refractivity contribution in [1.82, 2.24) is 15.3 Å². The highest BCUT2D eigenvalue weighted by atomic mass is 79.9. The maximum absolute atomic E-state index is 14.5. The van der Waals surface area contributed by atoms with Gasteiger partial charge in [0.15, 0.2) is 5.82 Å². The van der Waals surface area contributed by atoms with Gasteiger partial charge in [0.1, 0.15) is 10.4 Å². The van der Waals surface area contributed by atoms with Gasteiger partial charge >= 0.3 is 6.03 Å². The zero-order valence-electron chi connectivity index (χ0n) is 13.8. The predicted octanol–water partition coefficient (Wildman–Crippen LogP) is 2.20. The first-order chi connectivity index (χ1) is 12.4. The number of hydrogen-bond acceptors (Lipinski definition) is 4. The van der Waals surface area contributed by atoms with Crippen molar-refractivity contribution in [3.05, 3.63) is 40.6 Å². The molecule has 0 spiro atoms. The van der Waals surface area contributed by atoms with Gasteiger partial charge in [-0.05, 0) is 40.9 Å². The summed E-state index contributed by atoms with van der Waals surface area (Å²) in [7, 11) is 0. The Morgan fingerprint density at radius 1 is 1.42 bits per heavy atom. The van der Waals surface area contributed by atoms with Crippen molar-refractivity contribution in [2.45, 2.75) is 18.9 Å². The summed E-state index contributed by atoms with van der Waals surface area (Å²) in [6, 6.07) is 3.70. The van der Waals surface area contributed by atoms with Gasteiger partial charge in [-0.25, -0.2) is 14.2 Å². The molecule has 1 aliphatic heterocycles. The molecule has 0 aliphatic carbocycles. The van der Waals surface area contributed by atoms with E-state index < -0.39 is 17.8 Å². The van der Waals surface area contributed by atoms with Gasteiger partial charge in [0, 0.05) is 25.3 Å². The summed E-state index contributed by atoms with van der Waals surface area (Å²) in [5, 5.41) is 5.34. The minimum absolute atomic E-state index is 0.110. The van der Waals surface area contributed by atoms with Crippen LogP contribution < -0.4 is 21.3 Å². The summed E-state index contributed by atoms with van der Waals surface area (Å²) >= 11 is 3.17. The number of carbonyl (C=O) groups excluding carboxylic acids is 2. The quantitative estimate of drug-likeness (QED) is 0.601. The van der Waals surface area contributed by atoms with Gasteiger partial charge in [0.05, 0.1) is 11.4 Å². The predicted molar refractivity (Wildman–Crippen MR) is 98.6 cm³/mol. The lowest BCUT2D eigenvalue weighted by Crippen LogP contribution is -2.49. The van der Waals surface area contributed by atoms with E-state index in [4.69, 9.17) is 5.73 Å². The molecular formula is C16H18BrFN6O2. The average molecular weight is 425 g/mol. The third-order valence-electron chi connectivity index (χ3n) is 4.08. The number of halogens is 2. The number of aromatic amines is 1. The number of carbonyl (C=O) groups is 2. The number of nitrogens with one attached hydrogen (secondary N) is 3. The number of amides is 3. The minimum Gasteiger partial charge on any atom is -0.365 e. The molecule has 3 amide bonds. The zero-order valence-corrected chi connectivity index (χ0v) is 15.3. The van der Waals surface area contributed by atoms with Crippen molar-refractivity contribution in [1.29, 1.82) is 0 Å². The molecular weight excluding hydrogens is 407 g/mol. The Balaban J connectivity index is 1.83. The van der Waals surface area contributed by atoms with E-state index in [0.717, 1.165) is 12.8 Å². The molecule has 138 valence electrons. The first-order valence-electron chi connectivity index (χ1n) is 8.05. The smallest absolute Gasteiger partial charge is 0.312 e. The summed E-state index contributed by atoms with van der Waals surface area (Å²) < 4.78 is 15.0. The number of aromatic nitrogens is 2. The van der Waals surface area contributed by atoms with Crippen molar-refractivity contribution in [3.8, 4) is 0 Å². The van der Waals surface area contributed by atoms with Crippen LogP contribution in [0.1, 0.15) is 23.5 Å². The molecule has 1 saturated heterocycles. The van der Waals surface area contributed by atoms with Crippen molar-refractivity contribution in [2.75, 3.05) is 23.3 Å². The summed E-state index contributed by atoms with van der Waals surface area (Å²) in [6.07, 6.45) is 3.06. The Morgan fingerprint density at radius 2 is 2.23 bits per heavy atom. The third kappa shape index (κ3) is 4.13. The number of primary amides is 1. The summed E-state index contributed by atoms with van der Waals surface area (Å²) in [4.78, 5) is 32.0. The second-order valence-electron chi connectivity index (χ2n) is 5.96. The van der Waals surface area contributed by atoms with Crippen LogP contribution >= 0.6 is 15.9 Å². The van der Waals surface area contributed by atoms with E-state index >= 15 is 0 Å². The molecule has 1 aromatic heterocycles. The van der Waals surface area contributed by atoms with Crippen LogP contribution in [0.2, 0.25) is 0 Å². The van der Waals surface area contributed by atoms with Gasteiger partial charge in [-0.1, -0.05) is 6.07 Å². The summed E-state index contributed by atoms with van der Waals surface area (Å²) in [5.74, 6) is -0.825. The molecule has 10 heteroatoms. The molecule has 2 aromatic rings. The Bertz CT molecular complexity index is 827. The van der Waals surface area contributed by atoms with Crippen LogP contribution in [0.4, 0.5) is 20.6 Å². The van der Waals surface area contributed by atoms with Crippen molar-refractivity contribution >= 4 is 39.2 Å². The molecule has 8 nitrogen and oxygen atoms in total. The number of anilines is 2. The number of para-hydroxylation sites is 1. The molecule has 1 atom stereocenters. The first kappa shape index (κ1) is 18.2. The van der Waals surface area contributed by atoms with E-state index in [0.29, 0.717) is 23.4 Å². The lowest BCUT2D eigenvalue weighted by molar-refractivity contribution is 0.101. The van der Waals surface area contributed by atoms with Gasteiger partial charge in [-0.15, -0.1) is 0 Å². The molecule has 1 aromatic carbocycles. The normalized spacial score (nSPS) is 17.0. The fourth-order valence-corrected chi connectivity index (χ4v) is 3.33. The highest BCUT2D eigenvalue weighted by Gasteiger charge is 2.25. The molecule has 0 bridgehead atoms. The average Bonchev–Trinajstić information content (AvgIpc) is 3.01. The zero-order chi connectivity index (χ0) is 18.7. The van der Waals surface area contributed by atoms with Gasteiger partial charge in [0.25, 0.3) is 5.91 Å². The standard InChI is InChI=1S/C16H18BrFN6O2/c17-12-7-20-14(23-12)15(25)22-11-5-1-4-10(18)13(11)24-6-2-3-9(8-24)21-16(19)26/h1,4-5,7,9H,2-3,6,8H2,(H,20,23)(H,22,25)(H3,19,21,26)/t9-/m1/s1. The number of benzene rings is 1. The molecule has 2 heterocycles. The molecule has 1 fully saturated rings. The molecule has 0 radical (unpaired) electrons. The number of nitrogens with two attached hydrogens (primary N) is 1. The molecule has 3 rings (SSSR count). The van der Waals surface area contributed by atoms with Crippen LogP contribution in [0.5, 0.6) is 0 Å². The molecule has 1 aliphatic rings. The van der Waals surface area contributed by atoms with E-state index in [1.807, 2.05) is 0 Å². The number of hydrogen-bond donors (Lipinski definition) is 4. The van der Waals surface area contributed by atoms with Gasteiger partial charge < -0.3 is 26.3 Å². The highest BCUT2D eigenvalue weighted by molar-refractivity contribution is 9.10. The number of nitrogens with zero attached hydrogens (tertiary/aromatic N) is 2. The van der Waals surface area contributed by atoms with E-state index in [1.165, 1.54) is 18.3 Å². The van der Waals surface area contributed by atoms with Crippen molar-refractivity contribution in [3.63, 3.8) is 0 Å². The number of urea groups is 1. The second kappa shape index (κ2) is 7.73. The maximum Gasteiger partial charge on any atom is 0.312 e. The Kier molecular flexibility index (Phi) is 5.40. The monoisotopic (exact) mass is 424 g/mol. The van der Waals surface area contributed by atoms with Crippen LogP contribution in [-0.2, 0) is 0 Å². The number of H-pyrrole nitrogens is 1. The highest BCUT2D eigenvalue weighted by Crippen LogP contribution is 2.31. The van der Waals surface area contributed by atoms with Crippen LogP contribution in [0.25, 0.3) is 0 Å². The van der Waals surface area contributed by atoms with E-state index in [-0.39, 0.29) is 17.6 Å². The second-order valence-corrected chi connectivity index (χ2v) is 6.77. The van der Waals surface area contributed by atoms with Gasteiger partial charge in [-0.3, -0.25) is 4.79 Å². The number of piperidine rings is 1. The van der Waals surface area contributed by atoms with Crippen LogP contribution in [0.3, 0.4) is 0 Å². The molecule has 0 saturated carbocycles. The van der Waals surface area contributed by atoms with Gasteiger partial charge in [0.2, 0.25) is 0 Å². The first-order valence-corrected chi connectivity index (χ1v) is 8.85. The van der Waals surface area contributed by atoms with E-state index in [9.17, 15) is 14.0 Å². The number of imidazole rings is 1. The van der Waals surface area contributed by atoms with E-state index in [2.05, 4.69) is 36.5 Å². The lowest BCUT2D eigenvalue weighted by Gasteiger charge is -2.35.